The van der Waals surface area contributed by atoms with Crippen molar-refractivity contribution in [3.05, 3.63) is 0 Å². The molecule has 0 heterocycles. The van der Waals surface area contributed by atoms with E-state index in [-0.39, 0.29) is 0 Å². The summed E-state index contributed by atoms with van der Waals surface area (Å²) in [7, 11) is -9.83. The zero-order valence-corrected chi connectivity index (χ0v) is 8.26. The van der Waals surface area contributed by atoms with Crippen molar-refractivity contribution in [2.75, 3.05) is 0 Å². The second-order valence-electron chi connectivity index (χ2n) is 0.856. The zero-order chi connectivity index (χ0) is 11.0. The van der Waals surface area contributed by atoms with Gasteiger partial charge in [-0.15, -0.1) is 0 Å². The Balaban J connectivity index is -0.000000112. The summed E-state index contributed by atoms with van der Waals surface area (Å²) < 4.78 is 73.9. The molecule has 0 saturated heterocycles. The molecule has 0 radical (unpaired) electrons. The first-order valence-electron chi connectivity index (χ1n) is 1.57. The Kier molecular flexibility index (Phi) is 11.9. The van der Waals surface area contributed by atoms with Crippen molar-refractivity contribution in [2.24, 2.45) is 0 Å². The van der Waals surface area contributed by atoms with Gasteiger partial charge in [0.15, 0.2) is 0 Å². The molecule has 12 heteroatoms. The molecule has 0 aromatic carbocycles. The first-order chi connectivity index (χ1) is 5.00. The molecule has 0 rings (SSSR count). The van der Waals surface area contributed by atoms with Gasteiger partial charge in [0, 0.05) is 10.4 Å². The molecule has 0 atom stereocenters. The molecule has 0 saturated carbocycles. The Morgan fingerprint density at radius 2 is 0.917 bits per heavy atom. The van der Waals surface area contributed by atoms with Gasteiger partial charge in [0.2, 0.25) is 0 Å². The van der Waals surface area contributed by atoms with Crippen molar-refractivity contribution < 1.29 is 58.8 Å². The SMILES string of the molecule is O=S(=O)(O)O.O=S(=O)([O-])[O-].[O]=[Ti+2]. The molecule has 0 aliphatic rings. The monoisotopic (exact) mass is 258 g/mol. The van der Waals surface area contributed by atoms with Gasteiger partial charge in [-0.25, -0.2) is 0 Å². The van der Waals surface area contributed by atoms with Gasteiger partial charge in [-0.1, -0.05) is 0 Å². The van der Waals surface area contributed by atoms with E-state index < -0.39 is 20.8 Å². The summed E-state index contributed by atoms with van der Waals surface area (Å²) in [6.45, 7) is 0. The predicted octanol–water partition coefficient (Wildman–Crippen LogP) is -2.11. The Bertz CT molecular complexity index is 222. The van der Waals surface area contributed by atoms with E-state index in [0.29, 0.717) is 0 Å². The number of hydrogen-bond acceptors (Lipinski definition) is 7. The maximum absolute atomic E-state index is 8.74. The van der Waals surface area contributed by atoms with Gasteiger partial charge in [-0.05, 0) is 0 Å². The van der Waals surface area contributed by atoms with E-state index in [4.69, 9.17) is 38.4 Å². The Morgan fingerprint density at radius 3 is 0.917 bits per heavy atom. The molecule has 0 bridgehead atoms. The van der Waals surface area contributed by atoms with Crippen LogP contribution in [0.2, 0.25) is 0 Å². The van der Waals surface area contributed by atoms with Gasteiger partial charge in [0.1, 0.15) is 0 Å². The van der Waals surface area contributed by atoms with Crippen molar-refractivity contribution in [3.63, 3.8) is 0 Å². The molecule has 0 amide bonds. The van der Waals surface area contributed by atoms with Crippen LogP contribution in [0.25, 0.3) is 0 Å². The van der Waals surface area contributed by atoms with Gasteiger partial charge >= 0.3 is 34.1 Å². The van der Waals surface area contributed by atoms with E-state index in [9.17, 15) is 0 Å². The van der Waals surface area contributed by atoms with Crippen molar-refractivity contribution >= 4 is 20.8 Å². The molecule has 9 nitrogen and oxygen atoms in total. The third kappa shape index (κ3) is 13600. The Morgan fingerprint density at radius 1 is 0.917 bits per heavy atom. The molecule has 0 aromatic rings. The summed E-state index contributed by atoms with van der Waals surface area (Å²) in [4.78, 5) is 0. The second-order valence-corrected chi connectivity index (χ2v) is 2.57. The molecule has 0 unspecified atom stereocenters. The zero-order valence-electron chi connectivity index (χ0n) is 5.07. The standard InChI is InChI=1S/2H2O4S.O.Ti/c2*1-5(2,3)4;;/h2*(H2,1,2,3,4);;/q;;;+2/p-2. The van der Waals surface area contributed by atoms with Gasteiger partial charge in [0.05, 0.1) is 0 Å². The summed E-state index contributed by atoms with van der Waals surface area (Å²) in [6, 6.07) is 0. The third-order valence-electron chi connectivity index (χ3n) is 0. The van der Waals surface area contributed by atoms with Crippen molar-refractivity contribution in [1.82, 2.24) is 0 Å². The average molecular weight is 258 g/mol. The Hall–Kier alpha value is 0.254. The molecule has 0 spiro atoms. The van der Waals surface area contributed by atoms with Crippen LogP contribution in [-0.2, 0) is 44.5 Å². The van der Waals surface area contributed by atoms with E-state index in [1.807, 2.05) is 0 Å². The van der Waals surface area contributed by atoms with E-state index >= 15 is 0 Å². The quantitative estimate of drug-likeness (QED) is 0.280. The van der Waals surface area contributed by atoms with E-state index in [1.54, 1.807) is 0 Å². The average Bonchev–Trinajstić information content (AvgIpc) is 1.59. The van der Waals surface area contributed by atoms with Crippen molar-refractivity contribution in [2.45, 2.75) is 0 Å². The van der Waals surface area contributed by atoms with Crippen LogP contribution in [0.15, 0.2) is 0 Å². The fourth-order valence-corrected chi connectivity index (χ4v) is 0. The maximum atomic E-state index is 8.74. The molecule has 0 aliphatic carbocycles. The Labute approximate surface area is 79.7 Å². The summed E-state index contributed by atoms with van der Waals surface area (Å²) in [5.74, 6) is 0. The number of hydrogen-bond donors (Lipinski definition) is 2. The molecular formula is H2O9S2Ti. The van der Waals surface area contributed by atoms with E-state index in [2.05, 4.69) is 0 Å². The topological polar surface area (TPSA) is 172 Å². The molecule has 0 aliphatic heterocycles. The molecule has 12 heavy (non-hydrogen) atoms. The molecule has 2 N–H and O–H groups in total. The van der Waals surface area contributed by atoms with Crippen LogP contribution >= 0.6 is 0 Å². The van der Waals surface area contributed by atoms with Crippen LogP contribution in [0.5, 0.6) is 0 Å². The van der Waals surface area contributed by atoms with Crippen LogP contribution < -0.4 is 0 Å². The molecule has 0 fully saturated rings. The van der Waals surface area contributed by atoms with Crippen LogP contribution in [0, 0.1) is 0 Å². The minimum atomic E-state index is -5.17. The van der Waals surface area contributed by atoms with Gasteiger partial charge < -0.3 is 9.11 Å². The van der Waals surface area contributed by atoms with E-state index in [0.717, 1.165) is 20.4 Å². The van der Waals surface area contributed by atoms with Crippen LogP contribution in [0.4, 0.5) is 0 Å². The summed E-state index contributed by atoms with van der Waals surface area (Å²) in [5, 5.41) is 0. The first-order valence-corrected chi connectivity index (χ1v) is 4.94. The van der Waals surface area contributed by atoms with Crippen molar-refractivity contribution in [1.29, 1.82) is 0 Å². The van der Waals surface area contributed by atoms with Crippen LogP contribution in [-0.4, -0.2) is 35.0 Å². The van der Waals surface area contributed by atoms with Crippen LogP contribution in [0.1, 0.15) is 0 Å². The molecular weight excluding hydrogens is 256 g/mol. The summed E-state index contributed by atoms with van der Waals surface area (Å²) in [6.07, 6.45) is 0. The predicted molar refractivity (Wildman–Crippen MR) is 25.3 cm³/mol. The van der Waals surface area contributed by atoms with Gasteiger partial charge in [0.25, 0.3) is 0 Å². The molecule has 72 valence electrons. The van der Waals surface area contributed by atoms with Crippen LogP contribution in [0.3, 0.4) is 0 Å². The van der Waals surface area contributed by atoms with E-state index in [1.165, 1.54) is 0 Å². The summed E-state index contributed by atoms with van der Waals surface area (Å²) in [5.41, 5.74) is 0. The first kappa shape index (κ1) is 18.1. The third-order valence-corrected chi connectivity index (χ3v) is 0. The second kappa shape index (κ2) is 7.88. The van der Waals surface area contributed by atoms with Gasteiger partial charge in [-0.2, -0.15) is 8.42 Å². The fourth-order valence-electron chi connectivity index (χ4n) is 0. The normalized spacial score (nSPS) is 10.2. The minimum absolute atomic E-state index is 0.750. The molecule has 0 aromatic heterocycles. The number of rotatable bonds is 0. The van der Waals surface area contributed by atoms with Gasteiger partial charge in [-0.3, -0.25) is 17.5 Å². The fraction of sp³-hybridized carbons (Fsp3) is 0. The summed E-state index contributed by atoms with van der Waals surface area (Å²) >= 11 is 0.750. The van der Waals surface area contributed by atoms with Crippen molar-refractivity contribution in [3.8, 4) is 0 Å².